The van der Waals surface area contributed by atoms with Crippen molar-refractivity contribution in [2.75, 3.05) is 0 Å². The summed E-state index contributed by atoms with van der Waals surface area (Å²) in [6.45, 7) is 0. The SMILES string of the molecule is O=C([O-])n1ss1.O=C([O-])n1ss1.O=C([O-])n1ss1.O=C([O-])n1ss1.O=C([O-])n1ss1.O=C([O-])n1ss1.[Mo]. The zero-order valence-corrected chi connectivity index (χ0v) is 27.7. The van der Waals surface area contributed by atoms with Crippen LogP contribution in [0.5, 0.6) is 0 Å². The van der Waals surface area contributed by atoms with E-state index < -0.39 is 36.6 Å². The van der Waals surface area contributed by atoms with Crippen LogP contribution >= 0.6 is 126 Å². The number of hydrogen-bond donors (Lipinski definition) is 0. The molecule has 31 heteroatoms. The van der Waals surface area contributed by atoms with Crippen molar-refractivity contribution in [2.24, 2.45) is 0 Å². The van der Waals surface area contributed by atoms with Gasteiger partial charge in [0.2, 0.25) is 0 Å². The molecule has 0 amide bonds. The van der Waals surface area contributed by atoms with Gasteiger partial charge in [-0.3, -0.25) is 0 Å². The van der Waals surface area contributed by atoms with Crippen molar-refractivity contribution in [3.8, 4) is 0 Å². The molecule has 0 aliphatic carbocycles. The molecule has 0 N–H and O–H groups in total. The van der Waals surface area contributed by atoms with Gasteiger partial charge in [-0.1, -0.05) is 0 Å². The Balaban J connectivity index is 0.000000418. The van der Waals surface area contributed by atoms with Crippen molar-refractivity contribution in [2.45, 2.75) is 0 Å². The fourth-order valence-corrected chi connectivity index (χ4v) is 4.19. The molecular weight excluding hydrogens is 829 g/mol. The van der Waals surface area contributed by atoms with Gasteiger partial charge in [-0.2, -0.15) is 20.1 Å². The van der Waals surface area contributed by atoms with Gasteiger partial charge >= 0.3 is 0 Å². The molecule has 0 radical (unpaired) electrons. The predicted molar refractivity (Wildman–Crippen MR) is 126 cm³/mol. The Morgan fingerprint density at radius 3 is 0.378 bits per heavy atom. The number of nitrogens with zero attached hydrogens (tertiary/aromatic N) is 6. The molecule has 0 bridgehead atoms. The summed E-state index contributed by atoms with van der Waals surface area (Å²) in [6.07, 6.45) is -6.72. The number of rotatable bonds is 0. The molecule has 210 valence electrons. The van der Waals surface area contributed by atoms with Gasteiger partial charge in [0.1, 0.15) is 0 Å². The second kappa shape index (κ2) is 18.3. The van der Waals surface area contributed by atoms with Crippen molar-refractivity contribution >= 4 is 163 Å². The van der Waals surface area contributed by atoms with Crippen molar-refractivity contribution in [3.05, 3.63) is 0 Å². The van der Waals surface area contributed by atoms with Crippen molar-refractivity contribution in [3.63, 3.8) is 0 Å². The summed E-state index contributed by atoms with van der Waals surface area (Å²) in [4.78, 5) is 57.2. The molecule has 0 saturated carbocycles. The first-order valence-corrected chi connectivity index (χ1v) is 19.4. The Hall–Kier alpha value is -1.05. The molecule has 0 atom stereocenters. The van der Waals surface area contributed by atoms with Gasteiger partial charge in [0, 0.05) is 147 Å². The van der Waals surface area contributed by atoms with Gasteiger partial charge in [0.15, 0.2) is 36.6 Å². The summed E-state index contributed by atoms with van der Waals surface area (Å²) in [7, 11) is 14.0. The molecule has 6 rings (SSSR count). The van der Waals surface area contributed by atoms with Crippen LogP contribution in [0.25, 0.3) is 0 Å². The van der Waals surface area contributed by atoms with Crippen LogP contribution in [0.1, 0.15) is 0 Å². The van der Waals surface area contributed by atoms with Gasteiger partial charge in [-0.15, -0.1) is 0 Å². The summed E-state index contributed by atoms with van der Waals surface area (Å²) in [6, 6.07) is 0. The van der Waals surface area contributed by atoms with Crippen LogP contribution in [-0.2, 0) is 21.1 Å². The van der Waals surface area contributed by atoms with Gasteiger partial charge < -0.3 is 59.4 Å². The molecule has 6 aromatic heterocycles. The zero-order chi connectivity index (χ0) is 27.4. The van der Waals surface area contributed by atoms with Crippen LogP contribution in [0, 0.1) is 0 Å². The first-order chi connectivity index (χ1) is 16.8. The summed E-state index contributed by atoms with van der Waals surface area (Å²) < 4.78 is 6.33. The Kier molecular flexibility index (Phi) is 17.8. The van der Waals surface area contributed by atoms with E-state index in [-0.39, 0.29) is 21.1 Å². The van der Waals surface area contributed by atoms with Crippen LogP contribution < -0.4 is 30.6 Å². The molecule has 0 unspecified atom stereocenters. The fraction of sp³-hybridized carbons (Fsp3) is 0. The predicted octanol–water partition coefficient (Wildman–Crippen LogP) is -1.19. The number of carbonyl (C=O) groups excluding carboxylic acids is 6. The molecule has 0 aromatic carbocycles. The molecular formula is C6MoN6O12S12-6. The van der Waals surface area contributed by atoms with E-state index in [1.807, 2.05) is 0 Å². The van der Waals surface area contributed by atoms with Gasteiger partial charge in [0.05, 0.1) is 0 Å². The summed E-state index contributed by atoms with van der Waals surface area (Å²) in [5.74, 6) is 0. The maximum Gasteiger partial charge on any atom is 0.168 e. The van der Waals surface area contributed by atoms with Crippen LogP contribution in [0.3, 0.4) is 0 Å². The summed E-state index contributed by atoms with van der Waals surface area (Å²) in [5, 5.41) is 57.2. The molecule has 0 saturated heterocycles. The second-order valence-corrected chi connectivity index (χ2v) is 17.0. The van der Waals surface area contributed by atoms with Crippen molar-refractivity contribution in [1.29, 1.82) is 0 Å². The molecule has 0 aliphatic rings. The molecule has 0 fully saturated rings. The van der Waals surface area contributed by atoms with Gasteiger partial charge in [-0.05, 0) is 0 Å². The standard InChI is InChI=1S/6CHNO2S2.Mo/c6*3-1(4)2-5-6-2;/h6*(H,3,4);/p-6. The Labute approximate surface area is 260 Å². The van der Waals surface area contributed by atoms with Gasteiger partial charge in [-0.25, -0.2) is 0 Å². The Bertz CT molecular complexity index is 1040. The summed E-state index contributed by atoms with van der Waals surface area (Å²) >= 11 is 0. The van der Waals surface area contributed by atoms with E-state index in [0.29, 0.717) is 0 Å². The van der Waals surface area contributed by atoms with Crippen LogP contribution in [0.4, 0.5) is 28.8 Å². The molecule has 6 heterocycles. The third-order valence-electron chi connectivity index (χ3n) is 1.79. The molecule has 0 aliphatic heterocycles. The third-order valence-corrected chi connectivity index (χ3v) is 10.7. The Morgan fingerprint density at radius 1 is 0.297 bits per heavy atom. The smallest absolute Gasteiger partial charge is 0.168 e. The second-order valence-electron chi connectivity index (χ2n) is 4.03. The zero-order valence-electron chi connectivity index (χ0n) is 15.9. The minimum atomic E-state index is -1.12. The molecule has 37 heavy (non-hydrogen) atoms. The number of hydrogen-bond acceptors (Lipinski definition) is 24. The van der Waals surface area contributed by atoms with E-state index in [0.717, 1.165) is 147 Å². The van der Waals surface area contributed by atoms with Crippen LogP contribution in [0.2, 0.25) is 0 Å². The van der Waals surface area contributed by atoms with Crippen molar-refractivity contribution in [1.82, 2.24) is 20.1 Å². The largest absolute Gasteiger partial charge is 0.528 e. The average molecular weight is 829 g/mol. The quantitative estimate of drug-likeness (QED) is 0.129. The topological polar surface area (TPSA) is 270 Å². The Morgan fingerprint density at radius 2 is 0.378 bits per heavy atom. The monoisotopic (exact) mass is 830 g/mol. The minimum absolute atomic E-state index is 0. The minimum Gasteiger partial charge on any atom is -0.528 e. The molecule has 18 nitrogen and oxygen atoms in total. The van der Waals surface area contributed by atoms with E-state index in [2.05, 4.69) is 0 Å². The first-order valence-electron chi connectivity index (χ1n) is 6.98. The first kappa shape index (κ1) is 35.9. The van der Waals surface area contributed by atoms with E-state index in [1.54, 1.807) is 0 Å². The normalized spacial score (nSPS) is 9.08. The maximum absolute atomic E-state index is 9.53. The third kappa shape index (κ3) is 22.6. The van der Waals surface area contributed by atoms with E-state index in [9.17, 15) is 59.4 Å². The molecule has 6 aromatic rings. The number of aromatic nitrogens is 6. The average Bonchev–Trinajstić information content (AvgIpc) is 3.68. The number of carbonyl (C=O) groups is 6. The summed E-state index contributed by atoms with van der Waals surface area (Å²) in [5.41, 5.74) is 0. The van der Waals surface area contributed by atoms with Crippen LogP contribution in [-0.4, -0.2) is 56.6 Å². The number of carboxylic acid groups (broad SMARTS) is 6. The van der Waals surface area contributed by atoms with E-state index >= 15 is 0 Å². The van der Waals surface area contributed by atoms with E-state index in [4.69, 9.17) is 0 Å². The van der Waals surface area contributed by atoms with E-state index in [1.165, 1.54) is 0 Å². The van der Waals surface area contributed by atoms with Crippen molar-refractivity contribution < 1.29 is 80.5 Å². The van der Waals surface area contributed by atoms with Crippen LogP contribution in [0.15, 0.2) is 0 Å². The van der Waals surface area contributed by atoms with Gasteiger partial charge in [0.25, 0.3) is 0 Å². The maximum atomic E-state index is 9.53. The fourth-order valence-electron chi connectivity index (χ4n) is 0.465. The molecule has 0 spiro atoms.